The monoisotopic (exact) mass is 250 g/mol. The number of carbonyl (C=O) groups excluding carboxylic acids is 2. The standard InChI is InChI=1S/C14H18O4/c1-4-5-14-8-12(13(2,3)17)18-11(14)7-9(15)6-10(14)16/h4,7,12,17H,1,5-6,8H2,2-3H3/t12-,14+/m1/s1. The number of hydrogen-bond donors (Lipinski definition) is 1. The van der Waals surface area contributed by atoms with E-state index in [-0.39, 0.29) is 18.0 Å². The lowest BCUT2D eigenvalue weighted by molar-refractivity contribution is -0.132. The Morgan fingerprint density at radius 2 is 2.28 bits per heavy atom. The Labute approximate surface area is 106 Å². The predicted molar refractivity (Wildman–Crippen MR) is 65.7 cm³/mol. The highest BCUT2D eigenvalue weighted by atomic mass is 16.5. The first-order chi connectivity index (χ1) is 8.29. The molecule has 1 fully saturated rings. The zero-order valence-corrected chi connectivity index (χ0v) is 10.7. The maximum Gasteiger partial charge on any atom is 0.166 e. The highest BCUT2D eigenvalue weighted by molar-refractivity contribution is 6.11. The zero-order chi connectivity index (χ0) is 13.6. The quantitative estimate of drug-likeness (QED) is 0.609. The normalized spacial score (nSPS) is 31.7. The van der Waals surface area contributed by atoms with E-state index < -0.39 is 17.1 Å². The predicted octanol–water partition coefficient (Wildman–Crippen LogP) is 1.53. The maximum atomic E-state index is 12.2. The van der Waals surface area contributed by atoms with Crippen molar-refractivity contribution < 1.29 is 19.4 Å². The molecule has 4 heteroatoms. The van der Waals surface area contributed by atoms with Crippen LogP contribution in [0.5, 0.6) is 0 Å². The fraction of sp³-hybridized carbons (Fsp3) is 0.571. The third kappa shape index (κ3) is 1.90. The van der Waals surface area contributed by atoms with Gasteiger partial charge in [0.1, 0.15) is 11.9 Å². The van der Waals surface area contributed by atoms with Crippen LogP contribution in [0.4, 0.5) is 0 Å². The fourth-order valence-corrected chi connectivity index (χ4v) is 2.61. The van der Waals surface area contributed by atoms with E-state index in [0.717, 1.165) is 0 Å². The van der Waals surface area contributed by atoms with Gasteiger partial charge in [-0.2, -0.15) is 0 Å². The SMILES string of the molecule is C=CC[C@@]12C[C@H](C(C)(C)O)OC1=CC(=O)CC2=O. The van der Waals surface area contributed by atoms with Gasteiger partial charge in [-0.15, -0.1) is 6.58 Å². The summed E-state index contributed by atoms with van der Waals surface area (Å²) in [5.74, 6) is 0.0403. The van der Waals surface area contributed by atoms with Gasteiger partial charge in [0, 0.05) is 12.5 Å². The minimum atomic E-state index is -1.05. The summed E-state index contributed by atoms with van der Waals surface area (Å²) in [4.78, 5) is 23.7. The Bertz CT molecular complexity index is 441. The average molecular weight is 250 g/mol. The molecule has 18 heavy (non-hydrogen) atoms. The number of rotatable bonds is 3. The minimum absolute atomic E-state index is 0.0841. The van der Waals surface area contributed by atoms with Gasteiger partial charge < -0.3 is 9.84 Å². The average Bonchev–Trinajstić information content (AvgIpc) is 2.58. The molecule has 0 aromatic heterocycles. The smallest absolute Gasteiger partial charge is 0.166 e. The molecule has 1 saturated heterocycles. The van der Waals surface area contributed by atoms with Crippen molar-refractivity contribution in [2.24, 2.45) is 5.41 Å². The van der Waals surface area contributed by atoms with Crippen molar-refractivity contribution in [2.45, 2.75) is 44.8 Å². The van der Waals surface area contributed by atoms with Gasteiger partial charge in [0.2, 0.25) is 0 Å². The molecular weight excluding hydrogens is 232 g/mol. The van der Waals surface area contributed by atoms with E-state index in [2.05, 4.69) is 6.58 Å². The van der Waals surface area contributed by atoms with E-state index in [0.29, 0.717) is 18.6 Å². The number of Topliss-reactive ketones (excluding diaryl/α,β-unsaturated/α-hetero) is 1. The molecule has 1 N–H and O–H groups in total. The van der Waals surface area contributed by atoms with Gasteiger partial charge in [-0.3, -0.25) is 9.59 Å². The summed E-state index contributed by atoms with van der Waals surface area (Å²) in [5, 5.41) is 10.0. The summed E-state index contributed by atoms with van der Waals surface area (Å²) in [6.07, 6.45) is 3.35. The lowest BCUT2D eigenvalue weighted by Crippen LogP contribution is -2.38. The van der Waals surface area contributed by atoms with Crippen LogP contribution < -0.4 is 0 Å². The molecule has 98 valence electrons. The second-order valence-corrected chi connectivity index (χ2v) is 5.61. The van der Waals surface area contributed by atoms with Crippen molar-refractivity contribution in [3.8, 4) is 0 Å². The van der Waals surface area contributed by atoms with Crippen molar-refractivity contribution in [1.82, 2.24) is 0 Å². The van der Waals surface area contributed by atoms with Crippen molar-refractivity contribution >= 4 is 11.6 Å². The van der Waals surface area contributed by atoms with Crippen LogP contribution in [0.3, 0.4) is 0 Å². The van der Waals surface area contributed by atoms with Crippen LogP contribution in [0.15, 0.2) is 24.5 Å². The number of ether oxygens (including phenoxy) is 1. The molecule has 0 bridgehead atoms. The van der Waals surface area contributed by atoms with Gasteiger partial charge in [-0.25, -0.2) is 0 Å². The van der Waals surface area contributed by atoms with Gasteiger partial charge in [-0.1, -0.05) is 6.08 Å². The fourth-order valence-electron chi connectivity index (χ4n) is 2.61. The molecule has 1 heterocycles. The van der Waals surface area contributed by atoms with Gasteiger partial charge in [0.05, 0.1) is 17.4 Å². The number of fused-ring (bicyclic) bond motifs is 1. The van der Waals surface area contributed by atoms with Gasteiger partial charge in [-0.05, 0) is 20.3 Å². The zero-order valence-electron chi connectivity index (χ0n) is 10.7. The van der Waals surface area contributed by atoms with E-state index in [4.69, 9.17) is 4.74 Å². The molecule has 1 aliphatic carbocycles. The van der Waals surface area contributed by atoms with E-state index >= 15 is 0 Å². The second-order valence-electron chi connectivity index (χ2n) is 5.61. The first kappa shape index (κ1) is 13.0. The molecule has 0 spiro atoms. The summed E-state index contributed by atoms with van der Waals surface area (Å²) < 4.78 is 5.65. The molecular formula is C14H18O4. The lowest BCUT2D eigenvalue weighted by Gasteiger charge is -2.28. The number of allylic oxidation sites excluding steroid dienone is 3. The van der Waals surface area contributed by atoms with Crippen molar-refractivity contribution in [1.29, 1.82) is 0 Å². The molecule has 0 saturated carbocycles. The van der Waals surface area contributed by atoms with E-state index in [9.17, 15) is 14.7 Å². The Hall–Kier alpha value is -1.42. The number of hydrogen-bond acceptors (Lipinski definition) is 4. The third-order valence-electron chi connectivity index (χ3n) is 3.72. The van der Waals surface area contributed by atoms with Crippen molar-refractivity contribution in [3.05, 3.63) is 24.5 Å². The maximum absolute atomic E-state index is 12.2. The largest absolute Gasteiger partial charge is 0.491 e. The van der Waals surface area contributed by atoms with Gasteiger partial charge >= 0.3 is 0 Å². The first-order valence-electron chi connectivity index (χ1n) is 6.08. The molecule has 0 amide bonds. The highest BCUT2D eigenvalue weighted by Crippen LogP contribution is 2.50. The first-order valence-corrected chi connectivity index (χ1v) is 6.08. The number of carbonyl (C=O) groups is 2. The van der Waals surface area contributed by atoms with Crippen molar-refractivity contribution in [2.75, 3.05) is 0 Å². The molecule has 0 radical (unpaired) electrons. The molecule has 2 rings (SSSR count). The molecule has 2 aliphatic rings. The van der Waals surface area contributed by atoms with Gasteiger partial charge in [0.25, 0.3) is 0 Å². The van der Waals surface area contributed by atoms with Crippen LogP contribution in [0.2, 0.25) is 0 Å². The Kier molecular flexibility index (Phi) is 2.93. The second kappa shape index (κ2) is 4.05. The molecule has 2 atom stereocenters. The van der Waals surface area contributed by atoms with Crippen LogP contribution in [0.1, 0.15) is 33.1 Å². The summed E-state index contributed by atoms with van der Waals surface area (Å²) in [5.41, 5.74) is -1.84. The number of ketones is 2. The summed E-state index contributed by atoms with van der Waals surface area (Å²) in [6, 6.07) is 0. The van der Waals surface area contributed by atoms with Crippen LogP contribution in [-0.2, 0) is 14.3 Å². The van der Waals surface area contributed by atoms with Crippen LogP contribution in [0.25, 0.3) is 0 Å². The van der Waals surface area contributed by atoms with E-state index in [1.165, 1.54) is 6.08 Å². The molecule has 0 aromatic carbocycles. The molecule has 0 aromatic rings. The summed E-state index contributed by atoms with van der Waals surface area (Å²) in [7, 11) is 0. The van der Waals surface area contributed by atoms with E-state index in [1.807, 2.05) is 0 Å². The topological polar surface area (TPSA) is 63.6 Å². The molecule has 4 nitrogen and oxygen atoms in total. The van der Waals surface area contributed by atoms with Gasteiger partial charge in [0.15, 0.2) is 11.6 Å². The highest BCUT2D eigenvalue weighted by Gasteiger charge is 2.55. The Morgan fingerprint density at radius 3 is 2.83 bits per heavy atom. The summed E-state index contributed by atoms with van der Waals surface area (Å²) >= 11 is 0. The molecule has 0 unspecified atom stereocenters. The van der Waals surface area contributed by atoms with Crippen molar-refractivity contribution in [3.63, 3.8) is 0 Å². The number of aliphatic hydroxyl groups is 1. The third-order valence-corrected chi connectivity index (χ3v) is 3.72. The summed E-state index contributed by atoms with van der Waals surface area (Å²) in [6.45, 7) is 6.95. The van der Waals surface area contributed by atoms with Crippen LogP contribution >= 0.6 is 0 Å². The van der Waals surface area contributed by atoms with Crippen LogP contribution in [-0.4, -0.2) is 28.4 Å². The van der Waals surface area contributed by atoms with Crippen LogP contribution in [0, 0.1) is 5.41 Å². The van der Waals surface area contributed by atoms with E-state index in [1.54, 1.807) is 19.9 Å². The Balaban J connectivity index is 2.43. The molecule has 1 aliphatic heterocycles. The minimum Gasteiger partial charge on any atom is -0.491 e. The Morgan fingerprint density at radius 1 is 1.61 bits per heavy atom. The lowest BCUT2D eigenvalue weighted by atomic mass is 9.70.